The number of nitrogens with two attached hydrogens (primary N) is 1. The quantitative estimate of drug-likeness (QED) is 0.796. The number of nitrogens with zero attached hydrogens (tertiary/aromatic N) is 1. The van der Waals surface area contributed by atoms with Gasteiger partial charge in [0.1, 0.15) is 0 Å². The number of fused-ring (bicyclic) bond motifs is 1. The van der Waals surface area contributed by atoms with E-state index in [2.05, 4.69) is 49.9 Å². The average Bonchev–Trinajstić information content (AvgIpc) is 2.43. The first kappa shape index (κ1) is 10.2. The van der Waals surface area contributed by atoms with Gasteiger partial charge in [-0.1, -0.05) is 18.2 Å². The van der Waals surface area contributed by atoms with Crippen molar-refractivity contribution < 1.29 is 0 Å². The fourth-order valence-electron chi connectivity index (χ4n) is 2.26. The number of benzene rings is 1. The van der Waals surface area contributed by atoms with Crippen molar-refractivity contribution in [3.05, 3.63) is 35.5 Å². The predicted octanol–water partition coefficient (Wildman–Crippen LogP) is 2.38. The van der Waals surface area contributed by atoms with Gasteiger partial charge in [0.15, 0.2) is 0 Å². The Morgan fingerprint density at radius 1 is 1.40 bits per heavy atom. The maximum atomic E-state index is 5.86. The van der Waals surface area contributed by atoms with Crippen LogP contribution in [0, 0.1) is 6.92 Å². The lowest BCUT2D eigenvalue weighted by molar-refractivity contribution is 0.738. The standard InChI is InChI=1S/C13H18N2/c1-9-8-15(3)13-11(7-10(2)14)5-4-6-12(9)13/h4-6,8,10H,7,14H2,1-3H3. The van der Waals surface area contributed by atoms with Gasteiger partial charge in [0.05, 0.1) is 5.52 Å². The zero-order chi connectivity index (χ0) is 11.0. The summed E-state index contributed by atoms with van der Waals surface area (Å²) in [6.07, 6.45) is 3.12. The van der Waals surface area contributed by atoms with E-state index in [-0.39, 0.29) is 6.04 Å². The molecule has 2 rings (SSSR count). The van der Waals surface area contributed by atoms with E-state index in [0.29, 0.717) is 0 Å². The first-order valence-corrected chi connectivity index (χ1v) is 5.38. The molecule has 0 bridgehead atoms. The Balaban J connectivity index is 2.64. The lowest BCUT2D eigenvalue weighted by Gasteiger charge is -2.08. The lowest BCUT2D eigenvalue weighted by atomic mass is 10.0. The van der Waals surface area contributed by atoms with Crippen LogP contribution in [-0.4, -0.2) is 10.6 Å². The summed E-state index contributed by atoms with van der Waals surface area (Å²) in [5.41, 5.74) is 9.87. The van der Waals surface area contributed by atoms with Gasteiger partial charge in [0, 0.05) is 24.7 Å². The molecule has 1 unspecified atom stereocenters. The second kappa shape index (κ2) is 3.70. The maximum absolute atomic E-state index is 5.86. The van der Waals surface area contributed by atoms with Crippen LogP contribution in [0.4, 0.5) is 0 Å². The summed E-state index contributed by atoms with van der Waals surface area (Å²) in [6.45, 7) is 4.20. The van der Waals surface area contributed by atoms with Crippen LogP contribution in [0.15, 0.2) is 24.4 Å². The Hall–Kier alpha value is -1.28. The van der Waals surface area contributed by atoms with Crippen LogP contribution in [0.5, 0.6) is 0 Å². The Labute approximate surface area is 90.7 Å². The molecule has 0 fully saturated rings. The van der Waals surface area contributed by atoms with Crippen molar-refractivity contribution in [2.24, 2.45) is 12.8 Å². The second-order valence-corrected chi connectivity index (χ2v) is 4.42. The highest BCUT2D eigenvalue weighted by Crippen LogP contribution is 2.24. The van der Waals surface area contributed by atoms with Gasteiger partial charge in [0.2, 0.25) is 0 Å². The van der Waals surface area contributed by atoms with E-state index in [1.807, 2.05) is 0 Å². The van der Waals surface area contributed by atoms with E-state index in [1.54, 1.807) is 0 Å². The predicted molar refractivity (Wildman–Crippen MR) is 65.0 cm³/mol. The van der Waals surface area contributed by atoms with Gasteiger partial charge in [-0.3, -0.25) is 0 Å². The van der Waals surface area contributed by atoms with Crippen molar-refractivity contribution in [3.63, 3.8) is 0 Å². The maximum Gasteiger partial charge on any atom is 0.0513 e. The number of rotatable bonds is 2. The van der Waals surface area contributed by atoms with Gasteiger partial charge in [-0.05, 0) is 31.4 Å². The zero-order valence-corrected chi connectivity index (χ0v) is 9.62. The number of hydrogen-bond acceptors (Lipinski definition) is 1. The monoisotopic (exact) mass is 202 g/mol. The SMILES string of the molecule is Cc1cn(C)c2c(CC(C)N)cccc12. The summed E-state index contributed by atoms with van der Waals surface area (Å²) in [4.78, 5) is 0. The highest BCUT2D eigenvalue weighted by Gasteiger charge is 2.08. The Morgan fingerprint density at radius 2 is 2.13 bits per heavy atom. The molecule has 15 heavy (non-hydrogen) atoms. The summed E-state index contributed by atoms with van der Waals surface area (Å²) in [5, 5.41) is 1.34. The van der Waals surface area contributed by atoms with Crippen molar-refractivity contribution in [1.82, 2.24) is 4.57 Å². The third-order valence-corrected chi connectivity index (χ3v) is 2.83. The molecule has 0 saturated heterocycles. The van der Waals surface area contributed by atoms with Gasteiger partial charge < -0.3 is 10.3 Å². The molecule has 1 atom stereocenters. The molecule has 0 amide bonds. The first-order valence-electron chi connectivity index (χ1n) is 5.38. The van der Waals surface area contributed by atoms with Crippen LogP contribution in [-0.2, 0) is 13.5 Å². The number of hydrogen-bond donors (Lipinski definition) is 1. The van der Waals surface area contributed by atoms with Crippen molar-refractivity contribution in [3.8, 4) is 0 Å². The van der Waals surface area contributed by atoms with Gasteiger partial charge in [-0.25, -0.2) is 0 Å². The summed E-state index contributed by atoms with van der Waals surface area (Å²) < 4.78 is 2.20. The smallest absolute Gasteiger partial charge is 0.0513 e. The van der Waals surface area contributed by atoms with E-state index in [9.17, 15) is 0 Å². The molecule has 0 saturated carbocycles. The molecule has 0 radical (unpaired) electrons. The summed E-state index contributed by atoms with van der Waals surface area (Å²) in [5.74, 6) is 0. The molecule has 80 valence electrons. The Kier molecular flexibility index (Phi) is 2.53. The molecule has 0 aliphatic carbocycles. The third kappa shape index (κ3) is 1.77. The minimum Gasteiger partial charge on any atom is -0.350 e. The Morgan fingerprint density at radius 3 is 2.80 bits per heavy atom. The highest BCUT2D eigenvalue weighted by molar-refractivity contribution is 5.86. The molecule has 1 heterocycles. The minimum atomic E-state index is 0.214. The van der Waals surface area contributed by atoms with Crippen LogP contribution in [0.2, 0.25) is 0 Å². The fourth-order valence-corrected chi connectivity index (χ4v) is 2.26. The van der Waals surface area contributed by atoms with Gasteiger partial charge in [-0.2, -0.15) is 0 Å². The van der Waals surface area contributed by atoms with E-state index < -0.39 is 0 Å². The molecule has 1 aromatic heterocycles. The van der Waals surface area contributed by atoms with Crippen LogP contribution < -0.4 is 5.73 Å². The average molecular weight is 202 g/mol. The molecule has 2 N–H and O–H groups in total. The van der Waals surface area contributed by atoms with Crippen LogP contribution in [0.25, 0.3) is 10.9 Å². The normalized spacial score (nSPS) is 13.3. The fraction of sp³-hybridized carbons (Fsp3) is 0.385. The van der Waals surface area contributed by atoms with Crippen LogP contribution >= 0.6 is 0 Å². The summed E-state index contributed by atoms with van der Waals surface area (Å²) >= 11 is 0. The van der Waals surface area contributed by atoms with Crippen molar-refractivity contribution in [2.75, 3.05) is 0 Å². The van der Waals surface area contributed by atoms with Crippen molar-refractivity contribution in [1.29, 1.82) is 0 Å². The molecule has 0 spiro atoms. The van der Waals surface area contributed by atoms with E-state index in [0.717, 1.165) is 6.42 Å². The van der Waals surface area contributed by atoms with Gasteiger partial charge in [0.25, 0.3) is 0 Å². The molecule has 2 nitrogen and oxygen atoms in total. The molecule has 0 aliphatic heterocycles. The van der Waals surface area contributed by atoms with Gasteiger partial charge >= 0.3 is 0 Å². The summed E-state index contributed by atoms with van der Waals surface area (Å²) in [7, 11) is 2.10. The van der Waals surface area contributed by atoms with Crippen LogP contribution in [0.3, 0.4) is 0 Å². The van der Waals surface area contributed by atoms with Crippen molar-refractivity contribution in [2.45, 2.75) is 26.3 Å². The Bertz CT molecular complexity index is 480. The topological polar surface area (TPSA) is 30.9 Å². The second-order valence-electron chi connectivity index (χ2n) is 4.42. The van der Waals surface area contributed by atoms with Gasteiger partial charge in [-0.15, -0.1) is 0 Å². The largest absolute Gasteiger partial charge is 0.350 e. The van der Waals surface area contributed by atoms with E-state index in [1.165, 1.54) is 22.0 Å². The first-order chi connectivity index (χ1) is 7.09. The molecule has 0 aliphatic rings. The molecule has 2 heteroatoms. The van der Waals surface area contributed by atoms with Crippen molar-refractivity contribution >= 4 is 10.9 Å². The number of aryl methyl sites for hydroxylation is 2. The molecule has 1 aromatic carbocycles. The number of para-hydroxylation sites is 1. The van der Waals surface area contributed by atoms with E-state index in [4.69, 9.17) is 5.73 Å². The third-order valence-electron chi connectivity index (χ3n) is 2.83. The molecular formula is C13H18N2. The minimum absolute atomic E-state index is 0.214. The van der Waals surface area contributed by atoms with E-state index >= 15 is 0 Å². The molecule has 2 aromatic rings. The van der Waals surface area contributed by atoms with Crippen LogP contribution in [0.1, 0.15) is 18.1 Å². The highest BCUT2D eigenvalue weighted by atomic mass is 14.9. The summed E-state index contributed by atoms with van der Waals surface area (Å²) in [6, 6.07) is 6.68. The molecular weight excluding hydrogens is 184 g/mol. The number of aromatic nitrogens is 1. The lowest BCUT2D eigenvalue weighted by Crippen LogP contribution is -2.18. The zero-order valence-electron chi connectivity index (χ0n) is 9.62.